The maximum absolute atomic E-state index is 13.3. The molecule has 3 aromatic rings. The summed E-state index contributed by atoms with van der Waals surface area (Å²) in [5.41, 5.74) is 2.67. The molecule has 0 radical (unpaired) electrons. The van der Waals surface area contributed by atoms with Crippen LogP contribution in [0.3, 0.4) is 0 Å². The molecule has 1 aliphatic rings. The highest BCUT2D eigenvalue weighted by atomic mass is 32.2. The van der Waals surface area contributed by atoms with Gasteiger partial charge >= 0.3 is 5.97 Å². The molecule has 6 nitrogen and oxygen atoms in total. The lowest BCUT2D eigenvalue weighted by atomic mass is 10.1. The van der Waals surface area contributed by atoms with E-state index in [4.69, 9.17) is 4.74 Å². The monoisotopic (exact) mass is 466 g/mol. The topological polar surface area (TPSA) is 68.6 Å². The lowest BCUT2D eigenvalue weighted by molar-refractivity contribution is -0.146. The average molecular weight is 467 g/mol. The lowest BCUT2D eigenvalue weighted by Crippen LogP contribution is -2.34. The van der Waals surface area contributed by atoms with Gasteiger partial charge in [0.05, 0.1) is 11.5 Å². The van der Waals surface area contributed by atoms with Crippen molar-refractivity contribution in [3.05, 3.63) is 76.6 Å². The third-order valence-electron chi connectivity index (χ3n) is 5.29. The number of imide groups is 1. The smallest absolute Gasteiger partial charge is 0.326 e. The molecule has 1 fully saturated rings. The summed E-state index contributed by atoms with van der Waals surface area (Å²) in [6.45, 7) is 2.39. The van der Waals surface area contributed by atoms with E-state index in [2.05, 4.69) is 0 Å². The maximum Gasteiger partial charge on any atom is 0.326 e. The minimum Gasteiger partial charge on any atom is -0.464 e. The third-order valence-corrected chi connectivity index (χ3v) is 6.20. The second kappa shape index (κ2) is 10.0. The normalized spacial score (nSPS) is 15.1. The summed E-state index contributed by atoms with van der Waals surface area (Å²) in [6.07, 6.45) is 5.19. The van der Waals surface area contributed by atoms with Crippen LogP contribution in [0.25, 0.3) is 17.0 Å². The van der Waals surface area contributed by atoms with Gasteiger partial charge in [-0.1, -0.05) is 43.7 Å². The first-order valence-corrected chi connectivity index (χ1v) is 11.5. The van der Waals surface area contributed by atoms with Crippen LogP contribution >= 0.6 is 11.8 Å². The number of hydrogen-bond donors (Lipinski definition) is 0. The molecule has 1 saturated heterocycles. The predicted octanol–water partition coefficient (Wildman–Crippen LogP) is 5.21. The molecule has 0 atom stereocenters. The predicted molar refractivity (Wildman–Crippen MR) is 126 cm³/mol. The van der Waals surface area contributed by atoms with Crippen LogP contribution in [0, 0.1) is 5.82 Å². The molecule has 8 heteroatoms. The summed E-state index contributed by atoms with van der Waals surface area (Å²) < 4.78 is 20.4. The quantitative estimate of drug-likeness (QED) is 0.259. The van der Waals surface area contributed by atoms with Gasteiger partial charge in [-0.25, -0.2) is 4.39 Å². The van der Waals surface area contributed by atoms with Gasteiger partial charge in [-0.2, -0.15) is 0 Å². The van der Waals surface area contributed by atoms with Crippen molar-refractivity contribution in [1.29, 1.82) is 0 Å². The number of aromatic nitrogens is 1. The third kappa shape index (κ3) is 5.17. The number of halogens is 1. The van der Waals surface area contributed by atoms with Crippen LogP contribution < -0.4 is 0 Å². The first-order valence-electron chi connectivity index (χ1n) is 10.7. The Morgan fingerprint density at radius 2 is 1.88 bits per heavy atom. The number of unbranched alkanes of at least 4 members (excludes halogenated alkanes) is 1. The van der Waals surface area contributed by atoms with E-state index in [9.17, 15) is 18.8 Å². The molecule has 2 amide bonds. The van der Waals surface area contributed by atoms with E-state index in [-0.39, 0.29) is 17.3 Å². The van der Waals surface area contributed by atoms with Gasteiger partial charge < -0.3 is 9.30 Å². The minimum absolute atomic E-state index is 0.256. The standard InChI is InChI=1S/C25H23FN2O4S/c1-2-3-12-32-23(29)16-28-24(30)22(33-25(28)31)13-18-15-27(21-7-5-4-6-20(18)21)14-17-8-10-19(26)11-9-17/h4-11,13,15H,2-3,12,14,16H2,1H3/b22-13-. The van der Waals surface area contributed by atoms with Gasteiger partial charge in [0, 0.05) is 29.2 Å². The van der Waals surface area contributed by atoms with Gasteiger partial charge in [-0.05, 0) is 48.0 Å². The molecule has 0 aliphatic carbocycles. The molecule has 1 aliphatic heterocycles. The number of rotatable bonds is 8. The lowest BCUT2D eigenvalue weighted by Gasteiger charge is -2.11. The van der Waals surface area contributed by atoms with Crippen molar-refractivity contribution in [3.8, 4) is 0 Å². The molecule has 170 valence electrons. The highest BCUT2D eigenvalue weighted by Gasteiger charge is 2.36. The van der Waals surface area contributed by atoms with E-state index in [0.717, 1.165) is 51.5 Å². The Balaban J connectivity index is 1.57. The van der Waals surface area contributed by atoms with Gasteiger partial charge in [0.1, 0.15) is 12.4 Å². The number of benzene rings is 2. The number of esters is 1. The van der Waals surface area contributed by atoms with E-state index in [1.54, 1.807) is 18.2 Å². The molecule has 0 bridgehead atoms. The number of nitrogens with zero attached hydrogens (tertiary/aromatic N) is 2. The zero-order valence-electron chi connectivity index (χ0n) is 18.1. The number of ether oxygens (including phenoxy) is 1. The Morgan fingerprint density at radius 3 is 2.64 bits per heavy atom. The summed E-state index contributed by atoms with van der Waals surface area (Å²) in [6, 6.07) is 14.0. The molecule has 2 aromatic carbocycles. The van der Waals surface area contributed by atoms with Crippen molar-refractivity contribution in [2.45, 2.75) is 26.3 Å². The fourth-order valence-corrected chi connectivity index (χ4v) is 4.42. The van der Waals surface area contributed by atoms with Crippen LogP contribution in [0.1, 0.15) is 30.9 Å². The second-order valence-corrected chi connectivity index (χ2v) is 8.69. The van der Waals surface area contributed by atoms with E-state index >= 15 is 0 Å². The zero-order chi connectivity index (χ0) is 23.4. The number of amides is 2. The van der Waals surface area contributed by atoms with Crippen molar-refractivity contribution in [1.82, 2.24) is 9.47 Å². The first kappa shape index (κ1) is 22.8. The highest BCUT2D eigenvalue weighted by molar-refractivity contribution is 8.18. The van der Waals surface area contributed by atoms with E-state index < -0.39 is 23.7 Å². The van der Waals surface area contributed by atoms with Crippen LogP contribution in [0.4, 0.5) is 9.18 Å². The summed E-state index contributed by atoms with van der Waals surface area (Å²) in [5.74, 6) is -1.39. The Kier molecular flexibility index (Phi) is 6.93. The van der Waals surface area contributed by atoms with Crippen molar-refractivity contribution >= 4 is 45.9 Å². The van der Waals surface area contributed by atoms with Crippen molar-refractivity contribution < 1.29 is 23.5 Å². The number of carbonyl (C=O) groups is 3. The number of thioether (sulfide) groups is 1. The largest absolute Gasteiger partial charge is 0.464 e. The molecule has 0 spiro atoms. The molecule has 4 rings (SSSR count). The zero-order valence-corrected chi connectivity index (χ0v) is 18.9. The summed E-state index contributed by atoms with van der Waals surface area (Å²) in [5, 5.41) is 0.430. The molecule has 0 N–H and O–H groups in total. The van der Waals surface area contributed by atoms with Crippen LogP contribution in [0.15, 0.2) is 59.6 Å². The number of fused-ring (bicyclic) bond motifs is 1. The number of para-hydroxylation sites is 1. The van der Waals surface area contributed by atoms with Crippen LogP contribution in [-0.2, 0) is 20.9 Å². The van der Waals surface area contributed by atoms with Gasteiger partial charge in [-0.15, -0.1) is 0 Å². The molecule has 33 heavy (non-hydrogen) atoms. The fraction of sp³-hybridized carbons (Fsp3) is 0.240. The Hall–Kier alpha value is -3.39. The summed E-state index contributed by atoms with van der Waals surface area (Å²) >= 11 is 0.810. The molecular weight excluding hydrogens is 443 g/mol. The Bertz CT molecular complexity index is 1230. The summed E-state index contributed by atoms with van der Waals surface area (Å²) in [7, 11) is 0. The fourth-order valence-electron chi connectivity index (χ4n) is 3.59. The molecule has 0 saturated carbocycles. The van der Waals surface area contributed by atoms with Gasteiger partial charge in [-0.3, -0.25) is 19.3 Å². The molecule has 0 unspecified atom stereocenters. The van der Waals surface area contributed by atoms with E-state index in [1.165, 1.54) is 12.1 Å². The van der Waals surface area contributed by atoms with Crippen LogP contribution in [0.2, 0.25) is 0 Å². The van der Waals surface area contributed by atoms with Gasteiger partial charge in [0.25, 0.3) is 11.1 Å². The van der Waals surface area contributed by atoms with Crippen LogP contribution in [0.5, 0.6) is 0 Å². The molecule has 2 heterocycles. The average Bonchev–Trinajstić information content (AvgIpc) is 3.28. The first-order chi connectivity index (χ1) is 16.0. The second-order valence-electron chi connectivity index (χ2n) is 7.70. The number of carbonyl (C=O) groups excluding carboxylic acids is 3. The van der Waals surface area contributed by atoms with E-state index in [1.807, 2.05) is 42.0 Å². The van der Waals surface area contributed by atoms with Crippen LogP contribution in [-0.4, -0.2) is 39.7 Å². The van der Waals surface area contributed by atoms with E-state index in [0.29, 0.717) is 6.54 Å². The minimum atomic E-state index is -0.595. The van der Waals surface area contributed by atoms with Crippen molar-refractivity contribution in [2.75, 3.05) is 13.2 Å². The van der Waals surface area contributed by atoms with Gasteiger partial charge in [0.15, 0.2) is 0 Å². The highest BCUT2D eigenvalue weighted by Crippen LogP contribution is 2.34. The maximum atomic E-state index is 13.3. The SMILES string of the molecule is CCCCOC(=O)CN1C(=O)S/C(=C\c2cn(Cc3ccc(F)cc3)c3ccccc23)C1=O. The van der Waals surface area contributed by atoms with Crippen molar-refractivity contribution in [3.63, 3.8) is 0 Å². The van der Waals surface area contributed by atoms with Gasteiger partial charge in [0.2, 0.25) is 0 Å². The molecular formula is C25H23FN2O4S. The molecule has 1 aromatic heterocycles. The Labute approximate surface area is 195 Å². The summed E-state index contributed by atoms with van der Waals surface area (Å²) in [4.78, 5) is 38.3. The van der Waals surface area contributed by atoms with Crippen molar-refractivity contribution in [2.24, 2.45) is 0 Å². The Morgan fingerprint density at radius 1 is 1.12 bits per heavy atom. The number of hydrogen-bond acceptors (Lipinski definition) is 5.